The summed E-state index contributed by atoms with van der Waals surface area (Å²) in [6, 6.07) is 0.103. The monoisotopic (exact) mass is 184 g/mol. The average molecular weight is 184 g/mol. The molecule has 1 heterocycles. The fourth-order valence-corrected chi connectivity index (χ4v) is 1.71. The molecule has 13 heavy (non-hydrogen) atoms. The second-order valence-electron chi connectivity index (χ2n) is 3.98. The minimum Gasteiger partial charge on any atom is -0.305 e. The summed E-state index contributed by atoms with van der Waals surface area (Å²) in [6.07, 6.45) is 1.17. The summed E-state index contributed by atoms with van der Waals surface area (Å²) in [5.41, 5.74) is 0. The first-order valence-electron chi connectivity index (χ1n) is 5.04. The van der Waals surface area contributed by atoms with Crippen molar-refractivity contribution in [2.24, 2.45) is 0 Å². The van der Waals surface area contributed by atoms with Gasteiger partial charge in [-0.25, -0.2) is 0 Å². The lowest BCUT2D eigenvalue weighted by atomic mass is 10.2. The summed E-state index contributed by atoms with van der Waals surface area (Å²) in [4.78, 5) is 15.8. The van der Waals surface area contributed by atoms with E-state index in [9.17, 15) is 4.79 Å². The number of hydrogen-bond acceptors (Lipinski definition) is 3. The Morgan fingerprint density at radius 2 is 1.92 bits per heavy atom. The summed E-state index contributed by atoms with van der Waals surface area (Å²) in [7, 11) is 2.14. The summed E-state index contributed by atoms with van der Waals surface area (Å²) in [5, 5.41) is 0. The van der Waals surface area contributed by atoms with Crippen LogP contribution >= 0.6 is 0 Å². The highest BCUT2D eigenvalue weighted by Crippen LogP contribution is 2.06. The van der Waals surface area contributed by atoms with E-state index in [0.29, 0.717) is 0 Å². The molecule has 1 rings (SSSR count). The lowest BCUT2D eigenvalue weighted by Crippen LogP contribution is -2.40. The van der Waals surface area contributed by atoms with Crippen molar-refractivity contribution in [3.05, 3.63) is 0 Å². The van der Waals surface area contributed by atoms with E-state index in [0.717, 1.165) is 26.2 Å². The van der Waals surface area contributed by atoms with Crippen molar-refractivity contribution in [3.63, 3.8) is 0 Å². The molecule has 0 N–H and O–H groups in total. The van der Waals surface area contributed by atoms with Crippen LogP contribution in [0.25, 0.3) is 0 Å². The molecule has 0 aromatic heterocycles. The molecule has 1 saturated heterocycles. The zero-order valence-corrected chi connectivity index (χ0v) is 8.92. The van der Waals surface area contributed by atoms with Gasteiger partial charge in [0.2, 0.25) is 0 Å². The molecule has 0 aromatic carbocycles. The van der Waals surface area contributed by atoms with Crippen LogP contribution in [0.1, 0.15) is 20.3 Å². The molecule has 0 bridgehead atoms. The number of likely N-dealkylation sites (N-methyl/N-ethyl adjacent to an activating group) is 1. The van der Waals surface area contributed by atoms with Gasteiger partial charge in [-0.05, 0) is 33.9 Å². The van der Waals surface area contributed by atoms with Gasteiger partial charge in [-0.1, -0.05) is 0 Å². The number of carbonyl (C=O) groups excluding carboxylic acids is 1. The van der Waals surface area contributed by atoms with E-state index in [1.54, 1.807) is 6.92 Å². The number of Topliss-reactive ketones (excluding diaryl/α,β-unsaturated/α-hetero) is 1. The Morgan fingerprint density at radius 3 is 2.54 bits per heavy atom. The molecule has 1 fully saturated rings. The Labute approximate surface area is 80.7 Å². The van der Waals surface area contributed by atoms with Crippen molar-refractivity contribution >= 4 is 5.78 Å². The normalized spacial score (nSPS) is 23.9. The van der Waals surface area contributed by atoms with Crippen molar-refractivity contribution in [3.8, 4) is 0 Å². The van der Waals surface area contributed by atoms with E-state index >= 15 is 0 Å². The highest BCUT2D eigenvalue weighted by atomic mass is 16.1. The van der Waals surface area contributed by atoms with Crippen LogP contribution in [0.2, 0.25) is 0 Å². The van der Waals surface area contributed by atoms with Crippen molar-refractivity contribution in [2.45, 2.75) is 26.3 Å². The van der Waals surface area contributed by atoms with Gasteiger partial charge in [0.05, 0.1) is 6.04 Å². The van der Waals surface area contributed by atoms with Crippen LogP contribution in [-0.4, -0.2) is 54.9 Å². The molecule has 0 spiro atoms. The quantitative estimate of drug-likeness (QED) is 0.628. The summed E-state index contributed by atoms with van der Waals surface area (Å²) in [5.74, 6) is 0.282. The molecule has 1 atom stereocenters. The van der Waals surface area contributed by atoms with E-state index in [4.69, 9.17) is 0 Å². The van der Waals surface area contributed by atoms with Gasteiger partial charge in [0, 0.05) is 19.6 Å². The molecular weight excluding hydrogens is 164 g/mol. The SMILES string of the molecule is CC(=O)C(C)N1CCCN(C)CC1. The molecule has 0 saturated carbocycles. The van der Waals surface area contributed by atoms with Crippen LogP contribution in [0, 0.1) is 0 Å². The Hall–Kier alpha value is -0.410. The Kier molecular flexibility index (Phi) is 3.88. The summed E-state index contributed by atoms with van der Waals surface area (Å²) >= 11 is 0. The largest absolute Gasteiger partial charge is 0.305 e. The Bertz CT molecular complexity index is 182. The maximum absolute atomic E-state index is 11.2. The van der Waals surface area contributed by atoms with Crippen LogP contribution in [0.4, 0.5) is 0 Å². The number of nitrogens with zero attached hydrogens (tertiary/aromatic N) is 2. The molecule has 1 aliphatic rings. The second-order valence-corrected chi connectivity index (χ2v) is 3.98. The molecule has 0 aromatic rings. The zero-order chi connectivity index (χ0) is 9.84. The van der Waals surface area contributed by atoms with Gasteiger partial charge in [0.25, 0.3) is 0 Å². The first-order valence-corrected chi connectivity index (χ1v) is 5.04. The molecule has 1 unspecified atom stereocenters. The smallest absolute Gasteiger partial charge is 0.146 e. The van der Waals surface area contributed by atoms with Crippen molar-refractivity contribution in [2.75, 3.05) is 33.2 Å². The molecule has 0 aliphatic carbocycles. The van der Waals surface area contributed by atoms with E-state index in [2.05, 4.69) is 16.8 Å². The minimum absolute atomic E-state index is 0.103. The molecule has 3 nitrogen and oxygen atoms in total. The first-order chi connectivity index (χ1) is 6.11. The highest BCUT2D eigenvalue weighted by molar-refractivity contribution is 5.80. The topological polar surface area (TPSA) is 23.6 Å². The van der Waals surface area contributed by atoms with Crippen molar-refractivity contribution < 1.29 is 4.79 Å². The lowest BCUT2D eigenvalue weighted by Gasteiger charge is -2.25. The average Bonchev–Trinajstić information content (AvgIpc) is 2.28. The standard InChI is InChI=1S/C10H20N2O/c1-9(10(2)13)12-6-4-5-11(3)7-8-12/h9H,4-8H2,1-3H3. The van der Waals surface area contributed by atoms with Crippen LogP contribution in [0.15, 0.2) is 0 Å². The van der Waals surface area contributed by atoms with Gasteiger partial charge >= 0.3 is 0 Å². The predicted octanol–water partition coefficient (Wildman–Crippen LogP) is 0.601. The fourth-order valence-electron chi connectivity index (χ4n) is 1.71. The summed E-state index contributed by atoms with van der Waals surface area (Å²) in [6.45, 7) is 8.01. The molecule has 0 radical (unpaired) electrons. The van der Waals surface area contributed by atoms with Gasteiger partial charge in [-0.2, -0.15) is 0 Å². The molecule has 1 aliphatic heterocycles. The van der Waals surface area contributed by atoms with E-state index in [-0.39, 0.29) is 11.8 Å². The number of carbonyl (C=O) groups is 1. The third kappa shape index (κ3) is 3.08. The maximum Gasteiger partial charge on any atom is 0.146 e. The van der Waals surface area contributed by atoms with Gasteiger partial charge in [0.1, 0.15) is 5.78 Å². The van der Waals surface area contributed by atoms with Gasteiger partial charge < -0.3 is 4.90 Å². The van der Waals surface area contributed by atoms with Crippen molar-refractivity contribution in [1.29, 1.82) is 0 Å². The Morgan fingerprint density at radius 1 is 1.23 bits per heavy atom. The summed E-state index contributed by atoms with van der Waals surface area (Å²) < 4.78 is 0. The van der Waals surface area contributed by atoms with Crippen molar-refractivity contribution in [1.82, 2.24) is 9.80 Å². The van der Waals surface area contributed by atoms with Crippen LogP contribution in [0.3, 0.4) is 0 Å². The molecular formula is C10H20N2O. The minimum atomic E-state index is 0.103. The fraction of sp³-hybridized carbons (Fsp3) is 0.900. The van der Waals surface area contributed by atoms with Gasteiger partial charge in [-0.3, -0.25) is 9.69 Å². The van der Waals surface area contributed by atoms with Gasteiger partial charge in [0.15, 0.2) is 0 Å². The number of ketones is 1. The van der Waals surface area contributed by atoms with E-state index < -0.39 is 0 Å². The lowest BCUT2D eigenvalue weighted by molar-refractivity contribution is -0.121. The molecule has 3 heteroatoms. The number of rotatable bonds is 2. The zero-order valence-electron chi connectivity index (χ0n) is 8.92. The molecule has 76 valence electrons. The predicted molar refractivity (Wildman–Crippen MR) is 53.8 cm³/mol. The number of hydrogen-bond donors (Lipinski definition) is 0. The third-order valence-corrected chi connectivity index (χ3v) is 2.89. The van der Waals surface area contributed by atoms with Crippen LogP contribution in [-0.2, 0) is 4.79 Å². The first kappa shape index (κ1) is 10.7. The van der Waals surface area contributed by atoms with E-state index in [1.807, 2.05) is 6.92 Å². The van der Waals surface area contributed by atoms with Gasteiger partial charge in [-0.15, -0.1) is 0 Å². The maximum atomic E-state index is 11.2. The second kappa shape index (κ2) is 4.72. The Balaban J connectivity index is 2.46. The highest BCUT2D eigenvalue weighted by Gasteiger charge is 2.19. The third-order valence-electron chi connectivity index (χ3n) is 2.89. The van der Waals surface area contributed by atoms with Crippen LogP contribution < -0.4 is 0 Å². The van der Waals surface area contributed by atoms with E-state index in [1.165, 1.54) is 6.42 Å². The van der Waals surface area contributed by atoms with Crippen LogP contribution in [0.5, 0.6) is 0 Å². The molecule has 0 amide bonds.